The van der Waals surface area contributed by atoms with Crippen molar-refractivity contribution in [2.45, 2.75) is 77.0 Å². The average Bonchev–Trinajstić information content (AvgIpc) is 3.68. The van der Waals surface area contributed by atoms with Gasteiger partial charge in [-0.15, -0.1) is 0 Å². The summed E-state index contributed by atoms with van der Waals surface area (Å²) < 4.78 is 6.15. The lowest BCUT2D eigenvalue weighted by Gasteiger charge is -2.43. The van der Waals surface area contributed by atoms with Crippen LogP contribution in [0.15, 0.2) is 30.5 Å². The zero-order chi connectivity index (χ0) is 23.9. The number of piperazine rings is 1. The quantitative estimate of drug-likeness (QED) is 0.666. The number of hydrogen-bond acceptors (Lipinski definition) is 5. The molecule has 3 heterocycles. The molecule has 3 aliphatic rings. The van der Waals surface area contributed by atoms with E-state index in [0.29, 0.717) is 25.5 Å². The van der Waals surface area contributed by atoms with Crippen LogP contribution in [0.4, 0.5) is 5.69 Å². The Balaban J connectivity index is 1.43. The highest BCUT2D eigenvalue weighted by molar-refractivity contribution is 5.79. The molecule has 0 spiro atoms. The molecule has 0 N–H and O–H groups in total. The molecule has 2 aliphatic heterocycles. The Bertz CT molecular complexity index is 1120. The van der Waals surface area contributed by atoms with Crippen molar-refractivity contribution in [1.82, 2.24) is 9.88 Å². The summed E-state index contributed by atoms with van der Waals surface area (Å²) >= 11 is 0. The molecular weight excluding hydrogens is 424 g/mol. The molecular formula is C28H34N4O2. The third-order valence-corrected chi connectivity index (χ3v) is 7.58. The summed E-state index contributed by atoms with van der Waals surface area (Å²) in [7, 11) is 0. The van der Waals surface area contributed by atoms with Crippen LogP contribution in [-0.4, -0.2) is 47.1 Å². The van der Waals surface area contributed by atoms with E-state index >= 15 is 0 Å². The van der Waals surface area contributed by atoms with Gasteiger partial charge in [0, 0.05) is 44.0 Å². The van der Waals surface area contributed by atoms with E-state index < -0.39 is 0 Å². The zero-order valence-corrected chi connectivity index (χ0v) is 20.5. The highest BCUT2D eigenvalue weighted by atomic mass is 16.5. The molecule has 1 atom stereocenters. The van der Waals surface area contributed by atoms with Gasteiger partial charge >= 0.3 is 0 Å². The molecule has 6 nitrogen and oxygen atoms in total. The third-order valence-electron chi connectivity index (χ3n) is 7.58. The number of nitrogens with zero attached hydrogens (tertiary/aromatic N) is 4. The van der Waals surface area contributed by atoms with Crippen molar-refractivity contribution in [3.8, 4) is 6.07 Å². The molecule has 2 aromatic rings. The minimum absolute atomic E-state index is 0.122. The fourth-order valence-corrected chi connectivity index (χ4v) is 5.54. The lowest BCUT2D eigenvalue weighted by Crippen LogP contribution is -2.55. The van der Waals surface area contributed by atoms with Crippen LogP contribution in [0, 0.1) is 11.3 Å². The summed E-state index contributed by atoms with van der Waals surface area (Å²) in [6.07, 6.45) is 6.15. The molecule has 1 saturated carbocycles. The molecule has 0 unspecified atom stereocenters. The Hall–Kier alpha value is -2.91. The predicted molar refractivity (Wildman–Crippen MR) is 132 cm³/mol. The lowest BCUT2D eigenvalue weighted by molar-refractivity contribution is -0.133. The van der Waals surface area contributed by atoms with Crippen LogP contribution in [0.1, 0.15) is 73.9 Å². The highest BCUT2D eigenvalue weighted by Gasteiger charge is 2.37. The number of fused-ring (bicyclic) bond motifs is 1. The predicted octanol–water partition coefficient (Wildman–Crippen LogP) is 4.35. The summed E-state index contributed by atoms with van der Waals surface area (Å²) in [5.41, 5.74) is 6.21. The molecule has 1 saturated heterocycles. The van der Waals surface area contributed by atoms with Crippen LogP contribution in [0.3, 0.4) is 0 Å². The third kappa shape index (κ3) is 4.42. The number of pyridine rings is 1. The van der Waals surface area contributed by atoms with Gasteiger partial charge in [-0.05, 0) is 73.9 Å². The van der Waals surface area contributed by atoms with Gasteiger partial charge in [0.15, 0.2) is 0 Å². The van der Waals surface area contributed by atoms with E-state index in [1.54, 1.807) is 6.20 Å². The number of anilines is 1. The number of ether oxygens (including phenoxy) is 1. The van der Waals surface area contributed by atoms with Crippen LogP contribution in [0.5, 0.6) is 0 Å². The fraction of sp³-hybridized carbons (Fsp3) is 0.536. The number of carbonyl (C=O) groups is 1. The Kier molecular flexibility index (Phi) is 6.07. The summed E-state index contributed by atoms with van der Waals surface area (Å²) in [5, 5.41) is 10.3. The first-order valence-electron chi connectivity index (χ1n) is 12.6. The molecule has 1 aromatic heterocycles. The van der Waals surface area contributed by atoms with Gasteiger partial charge in [-0.25, -0.2) is 0 Å². The lowest BCUT2D eigenvalue weighted by atomic mass is 9.84. The van der Waals surface area contributed by atoms with Gasteiger partial charge in [0.25, 0.3) is 0 Å². The maximum atomic E-state index is 13.1. The minimum atomic E-state index is -0.263. The van der Waals surface area contributed by atoms with Crippen molar-refractivity contribution in [3.63, 3.8) is 0 Å². The number of aromatic nitrogens is 1. The van der Waals surface area contributed by atoms with Crippen LogP contribution in [-0.2, 0) is 29.0 Å². The minimum Gasteiger partial charge on any atom is -0.371 e. The van der Waals surface area contributed by atoms with E-state index in [-0.39, 0.29) is 17.6 Å². The second-order valence-electron chi connectivity index (χ2n) is 10.5. The van der Waals surface area contributed by atoms with Gasteiger partial charge in [-0.2, -0.15) is 5.26 Å². The molecule has 1 aliphatic carbocycles. The first-order chi connectivity index (χ1) is 16.4. The van der Waals surface area contributed by atoms with E-state index in [2.05, 4.69) is 42.8 Å². The molecule has 2 fully saturated rings. The second kappa shape index (κ2) is 9.03. The van der Waals surface area contributed by atoms with Gasteiger partial charge in [-0.1, -0.05) is 13.0 Å². The first-order valence-corrected chi connectivity index (χ1v) is 12.6. The van der Waals surface area contributed by atoms with Gasteiger partial charge in [0.2, 0.25) is 5.91 Å². The van der Waals surface area contributed by atoms with E-state index in [9.17, 15) is 10.1 Å². The van der Waals surface area contributed by atoms with Gasteiger partial charge in [0.05, 0.1) is 29.9 Å². The maximum Gasteiger partial charge on any atom is 0.228 e. The molecule has 1 aromatic carbocycles. The molecule has 0 bridgehead atoms. The van der Waals surface area contributed by atoms with E-state index in [4.69, 9.17) is 4.74 Å². The fourth-order valence-electron chi connectivity index (χ4n) is 5.54. The maximum absolute atomic E-state index is 13.1. The monoisotopic (exact) mass is 458 g/mol. The van der Waals surface area contributed by atoms with Crippen molar-refractivity contribution in [1.29, 1.82) is 5.26 Å². The summed E-state index contributed by atoms with van der Waals surface area (Å²) in [6.45, 7) is 9.11. The number of carbonyl (C=O) groups excluding carboxylic acids is 1. The van der Waals surface area contributed by atoms with Gasteiger partial charge < -0.3 is 14.5 Å². The highest BCUT2D eigenvalue weighted by Crippen LogP contribution is 2.47. The average molecular weight is 459 g/mol. The van der Waals surface area contributed by atoms with E-state index in [1.807, 2.05) is 23.1 Å². The number of hydrogen-bond donors (Lipinski definition) is 0. The Morgan fingerprint density at radius 3 is 2.76 bits per heavy atom. The van der Waals surface area contributed by atoms with Gasteiger partial charge in [-0.3, -0.25) is 9.78 Å². The Morgan fingerprint density at radius 1 is 1.26 bits per heavy atom. The Labute approximate surface area is 202 Å². The SMILES string of the molecule is CC[C@@H]1CN(c2cc(C3CC3)c3c(c2C#N)CC(C)(C)OC3)CCN1C(=O)Cc1ccccn1. The number of nitriles is 1. The van der Waals surface area contributed by atoms with Crippen molar-refractivity contribution in [2.75, 3.05) is 24.5 Å². The number of amides is 1. The number of rotatable bonds is 5. The topological polar surface area (TPSA) is 69.5 Å². The van der Waals surface area contributed by atoms with E-state index in [0.717, 1.165) is 42.9 Å². The normalized spacial score (nSPS) is 21.6. The van der Waals surface area contributed by atoms with Gasteiger partial charge in [0.1, 0.15) is 6.07 Å². The Morgan fingerprint density at radius 2 is 2.09 bits per heavy atom. The van der Waals surface area contributed by atoms with Crippen molar-refractivity contribution >= 4 is 11.6 Å². The molecule has 0 radical (unpaired) electrons. The first kappa shape index (κ1) is 22.9. The van der Waals surface area contributed by atoms with Crippen LogP contribution in [0.2, 0.25) is 0 Å². The molecule has 5 rings (SSSR count). The number of benzene rings is 1. The van der Waals surface area contributed by atoms with Crippen molar-refractivity contribution < 1.29 is 9.53 Å². The van der Waals surface area contributed by atoms with E-state index in [1.165, 1.54) is 29.5 Å². The molecule has 1 amide bonds. The smallest absolute Gasteiger partial charge is 0.228 e. The summed E-state index contributed by atoms with van der Waals surface area (Å²) in [5.74, 6) is 0.724. The zero-order valence-electron chi connectivity index (χ0n) is 20.5. The van der Waals surface area contributed by atoms with Crippen LogP contribution in [0.25, 0.3) is 0 Å². The molecule has 34 heavy (non-hydrogen) atoms. The van der Waals surface area contributed by atoms with Crippen molar-refractivity contribution in [2.24, 2.45) is 0 Å². The molecule has 178 valence electrons. The second-order valence-corrected chi connectivity index (χ2v) is 10.5. The summed E-state index contributed by atoms with van der Waals surface area (Å²) in [4.78, 5) is 21.8. The standard InChI is InChI=1S/C28H34N4O2/c1-4-21-17-31(11-12-32(21)27(33)13-20-7-5-6-10-30-20)26-14-22(19-8-9-19)25-18-34-28(2,3)15-23(25)24(26)16-29/h5-7,10,14,19,21H,4,8-9,11-13,15,17-18H2,1-3H3/t21-/m1/s1. The van der Waals surface area contributed by atoms with Crippen LogP contribution >= 0.6 is 0 Å². The molecule has 6 heteroatoms. The largest absolute Gasteiger partial charge is 0.371 e. The van der Waals surface area contributed by atoms with Crippen LogP contribution < -0.4 is 4.90 Å². The van der Waals surface area contributed by atoms with Crippen molar-refractivity contribution in [3.05, 3.63) is 58.4 Å². The summed E-state index contributed by atoms with van der Waals surface area (Å²) in [6, 6.07) is 10.7.